The Morgan fingerprint density at radius 3 is 2.55 bits per heavy atom. The first-order valence-electron chi connectivity index (χ1n) is 8.77. The highest BCUT2D eigenvalue weighted by atomic mass is 35.5. The fraction of sp³-hybridized carbons (Fsp3) is 0.316. The third-order valence-corrected chi connectivity index (χ3v) is 6.85. The van der Waals surface area contributed by atoms with Crippen molar-refractivity contribution in [3.63, 3.8) is 0 Å². The van der Waals surface area contributed by atoms with E-state index in [1.54, 1.807) is 0 Å². The van der Waals surface area contributed by atoms with Crippen LogP contribution in [0.25, 0.3) is 0 Å². The minimum atomic E-state index is -3.95. The van der Waals surface area contributed by atoms with Crippen molar-refractivity contribution in [1.29, 1.82) is 0 Å². The Labute approximate surface area is 173 Å². The summed E-state index contributed by atoms with van der Waals surface area (Å²) in [5.74, 6) is -0.442. The SMILES string of the molecule is COc1ccc(S(=O)(=O)N2CCCC2C(=O)Nc2ccc(F)c(Cl)c2)cc1OC. The molecule has 1 fully saturated rings. The molecule has 1 N–H and O–H groups in total. The van der Waals surface area contributed by atoms with Crippen molar-refractivity contribution in [2.24, 2.45) is 0 Å². The minimum Gasteiger partial charge on any atom is -0.493 e. The van der Waals surface area contributed by atoms with Gasteiger partial charge in [0, 0.05) is 18.3 Å². The Hall–Kier alpha value is -2.36. The molecule has 1 amide bonds. The molecule has 0 aliphatic carbocycles. The molecule has 1 saturated heterocycles. The van der Waals surface area contributed by atoms with Crippen LogP contribution in [0, 0.1) is 5.82 Å². The number of amides is 1. The van der Waals surface area contributed by atoms with Gasteiger partial charge < -0.3 is 14.8 Å². The zero-order valence-corrected chi connectivity index (χ0v) is 17.4. The van der Waals surface area contributed by atoms with E-state index >= 15 is 0 Å². The summed E-state index contributed by atoms with van der Waals surface area (Å²) in [6, 6.07) is 7.14. The summed E-state index contributed by atoms with van der Waals surface area (Å²) in [5.41, 5.74) is 0.289. The molecule has 7 nitrogen and oxygen atoms in total. The van der Waals surface area contributed by atoms with Crippen molar-refractivity contribution >= 4 is 33.2 Å². The van der Waals surface area contributed by atoms with Crippen LogP contribution in [0.15, 0.2) is 41.3 Å². The van der Waals surface area contributed by atoms with E-state index in [1.165, 1.54) is 44.6 Å². The van der Waals surface area contributed by atoms with E-state index in [2.05, 4.69) is 5.32 Å². The maximum Gasteiger partial charge on any atom is 0.243 e. The van der Waals surface area contributed by atoms with Crippen molar-refractivity contribution in [3.05, 3.63) is 47.2 Å². The molecule has 2 aromatic rings. The lowest BCUT2D eigenvalue weighted by atomic mass is 10.2. The van der Waals surface area contributed by atoms with Crippen LogP contribution in [-0.2, 0) is 14.8 Å². The third kappa shape index (κ3) is 4.31. The summed E-state index contributed by atoms with van der Waals surface area (Å²) >= 11 is 5.74. The van der Waals surface area contributed by atoms with Crippen molar-refractivity contribution in [2.45, 2.75) is 23.8 Å². The van der Waals surface area contributed by atoms with Crippen LogP contribution in [0.2, 0.25) is 5.02 Å². The Balaban J connectivity index is 1.85. The molecular weight excluding hydrogens is 423 g/mol. The largest absolute Gasteiger partial charge is 0.493 e. The molecule has 1 atom stereocenters. The Bertz CT molecular complexity index is 1030. The molecule has 0 radical (unpaired) electrons. The number of methoxy groups -OCH3 is 2. The molecule has 1 aliphatic heterocycles. The number of carbonyl (C=O) groups is 1. The Morgan fingerprint density at radius 2 is 1.90 bits per heavy atom. The van der Waals surface area contributed by atoms with Gasteiger partial charge in [-0.2, -0.15) is 4.31 Å². The Morgan fingerprint density at radius 1 is 1.17 bits per heavy atom. The molecule has 156 valence electrons. The average molecular weight is 443 g/mol. The van der Waals surface area contributed by atoms with Crippen LogP contribution in [0.4, 0.5) is 10.1 Å². The molecule has 3 rings (SSSR count). The van der Waals surface area contributed by atoms with Crippen molar-refractivity contribution in [3.8, 4) is 11.5 Å². The van der Waals surface area contributed by atoms with Gasteiger partial charge in [0.1, 0.15) is 11.9 Å². The molecule has 10 heteroatoms. The van der Waals surface area contributed by atoms with E-state index in [-0.39, 0.29) is 27.9 Å². The van der Waals surface area contributed by atoms with Crippen LogP contribution in [0.1, 0.15) is 12.8 Å². The van der Waals surface area contributed by atoms with Gasteiger partial charge in [-0.05, 0) is 43.2 Å². The second kappa shape index (κ2) is 8.56. The normalized spacial score (nSPS) is 17.2. The number of carbonyl (C=O) groups excluding carboxylic acids is 1. The van der Waals surface area contributed by atoms with Gasteiger partial charge in [0.05, 0.1) is 24.1 Å². The van der Waals surface area contributed by atoms with E-state index in [0.717, 1.165) is 10.4 Å². The first kappa shape index (κ1) is 21.4. The van der Waals surface area contributed by atoms with Gasteiger partial charge in [0.15, 0.2) is 11.5 Å². The topological polar surface area (TPSA) is 84.9 Å². The number of anilines is 1. The van der Waals surface area contributed by atoms with E-state index in [9.17, 15) is 17.6 Å². The zero-order valence-electron chi connectivity index (χ0n) is 15.8. The first-order chi connectivity index (χ1) is 13.8. The van der Waals surface area contributed by atoms with E-state index in [1.807, 2.05) is 0 Å². The quantitative estimate of drug-likeness (QED) is 0.742. The van der Waals surface area contributed by atoms with Gasteiger partial charge in [-0.3, -0.25) is 4.79 Å². The van der Waals surface area contributed by atoms with Gasteiger partial charge in [-0.1, -0.05) is 11.6 Å². The van der Waals surface area contributed by atoms with E-state index < -0.39 is 27.8 Å². The van der Waals surface area contributed by atoms with Gasteiger partial charge >= 0.3 is 0 Å². The lowest BCUT2D eigenvalue weighted by Crippen LogP contribution is -2.43. The average Bonchev–Trinajstić information content (AvgIpc) is 3.21. The van der Waals surface area contributed by atoms with E-state index in [0.29, 0.717) is 18.6 Å². The molecule has 2 aromatic carbocycles. The van der Waals surface area contributed by atoms with Gasteiger partial charge in [0.25, 0.3) is 0 Å². The fourth-order valence-electron chi connectivity index (χ4n) is 3.20. The summed E-state index contributed by atoms with van der Waals surface area (Å²) < 4.78 is 51.1. The summed E-state index contributed by atoms with van der Waals surface area (Å²) in [4.78, 5) is 12.7. The first-order valence-corrected chi connectivity index (χ1v) is 10.6. The molecule has 29 heavy (non-hydrogen) atoms. The maximum absolute atomic E-state index is 13.3. The highest BCUT2D eigenvalue weighted by Crippen LogP contribution is 2.33. The standard InChI is InChI=1S/C19H20ClFN2O5S/c1-27-17-8-6-13(11-18(17)28-2)29(25,26)23-9-3-4-16(23)19(24)22-12-5-7-15(21)14(20)10-12/h5-8,10-11,16H,3-4,9H2,1-2H3,(H,22,24). The number of hydrogen-bond acceptors (Lipinski definition) is 5. The van der Waals surface area contributed by atoms with Crippen LogP contribution >= 0.6 is 11.6 Å². The van der Waals surface area contributed by atoms with Crippen molar-refractivity contribution < 1.29 is 27.1 Å². The predicted molar refractivity (Wildman–Crippen MR) is 106 cm³/mol. The number of nitrogens with one attached hydrogen (secondary N) is 1. The highest BCUT2D eigenvalue weighted by molar-refractivity contribution is 7.89. The second-order valence-corrected chi connectivity index (χ2v) is 8.71. The number of nitrogens with zero attached hydrogens (tertiary/aromatic N) is 1. The maximum atomic E-state index is 13.3. The highest BCUT2D eigenvalue weighted by Gasteiger charge is 2.39. The molecule has 1 heterocycles. The number of halogens is 2. The predicted octanol–water partition coefficient (Wildman–Crippen LogP) is 3.29. The van der Waals surface area contributed by atoms with Crippen LogP contribution < -0.4 is 14.8 Å². The summed E-state index contributed by atoms with van der Waals surface area (Å²) in [5, 5.41) is 2.47. The van der Waals surface area contributed by atoms with Crippen LogP contribution in [0.3, 0.4) is 0 Å². The third-order valence-electron chi connectivity index (χ3n) is 4.66. The lowest BCUT2D eigenvalue weighted by Gasteiger charge is -2.24. The molecule has 0 spiro atoms. The number of rotatable bonds is 6. The minimum absolute atomic E-state index is 0.000299. The van der Waals surface area contributed by atoms with Crippen LogP contribution in [-0.4, -0.2) is 45.4 Å². The molecule has 0 bridgehead atoms. The summed E-state index contributed by atoms with van der Waals surface area (Å²) in [7, 11) is -1.08. The number of hydrogen-bond donors (Lipinski definition) is 1. The van der Waals surface area contributed by atoms with Gasteiger partial charge in [0.2, 0.25) is 15.9 Å². The monoisotopic (exact) mass is 442 g/mol. The fourth-order valence-corrected chi connectivity index (χ4v) is 5.05. The summed E-state index contributed by atoms with van der Waals surface area (Å²) in [6.45, 7) is 0.207. The van der Waals surface area contributed by atoms with Gasteiger partial charge in [-0.15, -0.1) is 0 Å². The molecule has 0 aromatic heterocycles. The zero-order chi connectivity index (χ0) is 21.2. The Kier molecular flexibility index (Phi) is 6.30. The molecule has 1 unspecified atom stereocenters. The van der Waals surface area contributed by atoms with Crippen LogP contribution in [0.5, 0.6) is 11.5 Å². The van der Waals surface area contributed by atoms with Crippen molar-refractivity contribution in [1.82, 2.24) is 4.31 Å². The van der Waals surface area contributed by atoms with Gasteiger partial charge in [-0.25, -0.2) is 12.8 Å². The summed E-state index contributed by atoms with van der Waals surface area (Å²) in [6.07, 6.45) is 0.905. The molecular formula is C19H20ClFN2O5S. The lowest BCUT2D eigenvalue weighted by molar-refractivity contribution is -0.119. The number of ether oxygens (including phenoxy) is 2. The van der Waals surface area contributed by atoms with Crippen molar-refractivity contribution in [2.75, 3.05) is 26.1 Å². The second-order valence-electron chi connectivity index (χ2n) is 6.41. The number of sulfonamides is 1. The molecule has 0 saturated carbocycles. The smallest absolute Gasteiger partial charge is 0.243 e. The molecule has 1 aliphatic rings. The van der Waals surface area contributed by atoms with E-state index in [4.69, 9.17) is 21.1 Å². The number of benzene rings is 2.